The lowest BCUT2D eigenvalue weighted by Gasteiger charge is -2.25. The fraction of sp³-hybridized carbons (Fsp3) is 0.600. The van der Waals surface area contributed by atoms with Crippen molar-refractivity contribution < 1.29 is 14.6 Å². The summed E-state index contributed by atoms with van der Waals surface area (Å²) in [6, 6.07) is 4.21. The van der Waals surface area contributed by atoms with Crippen molar-refractivity contribution in [2.45, 2.75) is 32.2 Å². The van der Waals surface area contributed by atoms with Crippen LogP contribution in [0.1, 0.15) is 36.8 Å². The Balaban J connectivity index is 2.02. The van der Waals surface area contributed by atoms with Gasteiger partial charge in [-0.25, -0.2) is 0 Å². The van der Waals surface area contributed by atoms with Crippen molar-refractivity contribution in [3.63, 3.8) is 0 Å². The third kappa shape index (κ3) is 2.30. The monoisotopic (exact) mass is 263 g/mol. The summed E-state index contributed by atoms with van der Waals surface area (Å²) >= 11 is 0. The first-order chi connectivity index (χ1) is 9.33. The third-order valence-electron chi connectivity index (χ3n) is 4.29. The van der Waals surface area contributed by atoms with Crippen LogP contribution < -0.4 is 14.8 Å². The number of aliphatic hydroxyl groups excluding tert-OH is 1. The number of fused-ring (bicyclic) bond motifs is 2. The van der Waals surface area contributed by atoms with E-state index < -0.39 is 0 Å². The molecule has 2 aliphatic heterocycles. The molecule has 0 fully saturated rings. The van der Waals surface area contributed by atoms with E-state index in [1.54, 1.807) is 0 Å². The van der Waals surface area contributed by atoms with Crippen LogP contribution in [0.3, 0.4) is 0 Å². The molecule has 0 saturated carbocycles. The number of rotatable bonds is 3. The van der Waals surface area contributed by atoms with Gasteiger partial charge in [-0.1, -0.05) is 13.3 Å². The maximum absolute atomic E-state index is 9.37. The molecule has 0 saturated heterocycles. The molecule has 0 spiro atoms. The number of ether oxygens (including phenoxy) is 2. The molecule has 3 rings (SSSR count). The van der Waals surface area contributed by atoms with Gasteiger partial charge in [-0.05, 0) is 48.1 Å². The molecule has 0 aromatic heterocycles. The van der Waals surface area contributed by atoms with Crippen molar-refractivity contribution in [3.8, 4) is 11.5 Å². The molecule has 0 aliphatic carbocycles. The molecule has 2 atom stereocenters. The highest BCUT2D eigenvalue weighted by Gasteiger charge is 2.28. The molecular formula is C15H21NO3. The summed E-state index contributed by atoms with van der Waals surface area (Å²) in [5.74, 6) is 2.65. The lowest BCUT2D eigenvalue weighted by molar-refractivity contribution is 0.173. The van der Waals surface area contributed by atoms with Crippen LogP contribution >= 0.6 is 0 Å². The molecule has 1 aromatic carbocycles. The number of hydrogen-bond acceptors (Lipinski definition) is 4. The minimum absolute atomic E-state index is 0.231. The first-order valence-corrected chi connectivity index (χ1v) is 7.07. The highest BCUT2D eigenvalue weighted by Crippen LogP contribution is 2.41. The molecule has 0 bridgehead atoms. The Morgan fingerprint density at radius 2 is 2.11 bits per heavy atom. The summed E-state index contributed by atoms with van der Waals surface area (Å²) in [4.78, 5) is 0. The molecule has 4 nitrogen and oxygen atoms in total. The SMILES string of the molecule is CC[C@@H]1CNCc2cc3c(cc2[C@H]1CCO)OCO3. The molecule has 2 aliphatic rings. The smallest absolute Gasteiger partial charge is 0.231 e. The maximum atomic E-state index is 9.37. The van der Waals surface area contributed by atoms with Crippen molar-refractivity contribution in [2.24, 2.45) is 5.92 Å². The van der Waals surface area contributed by atoms with E-state index in [9.17, 15) is 5.11 Å². The Morgan fingerprint density at radius 1 is 1.32 bits per heavy atom. The summed E-state index contributed by atoms with van der Waals surface area (Å²) < 4.78 is 10.9. The Kier molecular flexibility index (Phi) is 3.62. The van der Waals surface area contributed by atoms with E-state index in [2.05, 4.69) is 24.4 Å². The molecule has 2 heterocycles. The molecule has 0 amide bonds. The van der Waals surface area contributed by atoms with Gasteiger partial charge in [-0.15, -0.1) is 0 Å². The zero-order valence-electron chi connectivity index (χ0n) is 11.3. The number of hydrogen-bond donors (Lipinski definition) is 2. The van der Waals surface area contributed by atoms with Crippen LogP contribution in [-0.2, 0) is 6.54 Å². The van der Waals surface area contributed by atoms with E-state index in [4.69, 9.17) is 9.47 Å². The average Bonchev–Trinajstić information content (AvgIpc) is 2.81. The summed E-state index contributed by atoms with van der Waals surface area (Å²) in [5, 5.41) is 12.9. The largest absolute Gasteiger partial charge is 0.454 e. The van der Waals surface area contributed by atoms with Gasteiger partial charge in [0.1, 0.15) is 0 Å². The van der Waals surface area contributed by atoms with E-state index >= 15 is 0 Å². The maximum Gasteiger partial charge on any atom is 0.231 e. The van der Waals surface area contributed by atoms with Gasteiger partial charge in [0.15, 0.2) is 11.5 Å². The normalized spacial score (nSPS) is 24.9. The molecule has 0 radical (unpaired) electrons. The first-order valence-electron chi connectivity index (χ1n) is 7.07. The van der Waals surface area contributed by atoms with Crippen LogP contribution in [0.5, 0.6) is 11.5 Å². The molecule has 0 unspecified atom stereocenters. The third-order valence-corrected chi connectivity index (χ3v) is 4.29. The van der Waals surface area contributed by atoms with Gasteiger partial charge >= 0.3 is 0 Å². The second-order valence-corrected chi connectivity index (χ2v) is 5.32. The van der Waals surface area contributed by atoms with Gasteiger partial charge < -0.3 is 19.9 Å². The van der Waals surface area contributed by atoms with Gasteiger partial charge in [0.25, 0.3) is 0 Å². The highest BCUT2D eigenvalue weighted by atomic mass is 16.7. The van der Waals surface area contributed by atoms with Gasteiger partial charge in [0, 0.05) is 13.2 Å². The number of aliphatic hydroxyl groups is 1. The topological polar surface area (TPSA) is 50.7 Å². The summed E-state index contributed by atoms with van der Waals surface area (Å²) in [6.07, 6.45) is 1.93. The standard InChI is InChI=1S/C15H21NO3/c1-2-10-7-16-8-11-5-14-15(19-9-18-14)6-13(11)12(10)3-4-17/h5-6,10,12,16-17H,2-4,7-9H2,1H3/t10-,12+/m1/s1. The van der Waals surface area contributed by atoms with Crippen LogP contribution in [0.15, 0.2) is 12.1 Å². The van der Waals surface area contributed by atoms with E-state index in [0.717, 1.165) is 37.4 Å². The van der Waals surface area contributed by atoms with Crippen molar-refractivity contribution in [1.82, 2.24) is 5.32 Å². The Bertz CT molecular complexity index is 461. The van der Waals surface area contributed by atoms with Crippen LogP contribution in [0.25, 0.3) is 0 Å². The second kappa shape index (κ2) is 5.39. The fourth-order valence-corrected chi connectivity index (χ4v) is 3.25. The zero-order chi connectivity index (χ0) is 13.2. The van der Waals surface area contributed by atoms with Crippen molar-refractivity contribution in [3.05, 3.63) is 23.3 Å². The van der Waals surface area contributed by atoms with Gasteiger partial charge in [-0.2, -0.15) is 0 Å². The van der Waals surface area contributed by atoms with E-state index in [1.165, 1.54) is 11.1 Å². The Labute approximate surface area is 113 Å². The number of benzene rings is 1. The zero-order valence-corrected chi connectivity index (χ0v) is 11.3. The Hall–Kier alpha value is -1.26. The minimum Gasteiger partial charge on any atom is -0.454 e. The predicted octanol–water partition coefficient (Wildman–Crippen LogP) is 2.01. The molecule has 1 aromatic rings. The first kappa shape index (κ1) is 12.8. The average molecular weight is 263 g/mol. The Morgan fingerprint density at radius 3 is 2.84 bits per heavy atom. The van der Waals surface area contributed by atoms with Gasteiger partial charge in [0.05, 0.1) is 0 Å². The summed E-state index contributed by atoms with van der Waals surface area (Å²) in [7, 11) is 0. The summed E-state index contributed by atoms with van der Waals surface area (Å²) in [6.45, 7) is 4.63. The highest BCUT2D eigenvalue weighted by molar-refractivity contribution is 5.50. The van der Waals surface area contributed by atoms with Gasteiger partial charge in [0.2, 0.25) is 6.79 Å². The molecule has 2 N–H and O–H groups in total. The van der Waals surface area contributed by atoms with Crippen molar-refractivity contribution in [2.75, 3.05) is 19.9 Å². The van der Waals surface area contributed by atoms with E-state index in [1.807, 2.05) is 0 Å². The van der Waals surface area contributed by atoms with Crippen molar-refractivity contribution >= 4 is 0 Å². The predicted molar refractivity (Wildman–Crippen MR) is 72.5 cm³/mol. The van der Waals surface area contributed by atoms with Crippen LogP contribution in [0.2, 0.25) is 0 Å². The quantitative estimate of drug-likeness (QED) is 0.876. The second-order valence-electron chi connectivity index (χ2n) is 5.32. The minimum atomic E-state index is 0.231. The lowest BCUT2D eigenvalue weighted by atomic mass is 9.81. The summed E-state index contributed by atoms with van der Waals surface area (Å²) in [5.41, 5.74) is 2.59. The molecular weight excluding hydrogens is 242 g/mol. The number of nitrogens with one attached hydrogen (secondary N) is 1. The molecule has 19 heavy (non-hydrogen) atoms. The van der Waals surface area contributed by atoms with Crippen LogP contribution in [-0.4, -0.2) is 25.1 Å². The van der Waals surface area contributed by atoms with E-state index in [-0.39, 0.29) is 6.61 Å². The lowest BCUT2D eigenvalue weighted by Crippen LogP contribution is -2.23. The van der Waals surface area contributed by atoms with Gasteiger partial charge in [-0.3, -0.25) is 0 Å². The van der Waals surface area contributed by atoms with Crippen LogP contribution in [0.4, 0.5) is 0 Å². The van der Waals surface area contributed by atoms with Crippen LogP contribution in [0, 0.1) is 5.92 Å². The molecule has 4 heteroatoms. The van der Waals surface area contributed by atoms with E-state index in [0.29, 0.717) is 18.6 Å². The van der Waals surface area contributed by atoms with Crippen molar-refractivity contribution in [1.29, 1.82) is 0 Å². The fourth-order valence-electron chi connectivity index (χ4n) is 3.25. The molecule has 104 valence electrons.